The molecule has 1 aromatic heterocycles. The summed E-state index contributed by atoms with van der Waals surface area (Å²) in [5.74, 6) is -1.02. The van der Waals surface area contributed by atoms with Crippen molar-refractivity contribution in [1.29, 1.82) is 0 Å². The Morgan fingerprint density at radius 2 is 1.89 bits per heavy atom. The van der Waals surface area contributed by atoms with Gasteiger partial charge in [-0.05, 0) is 38.1 Å². The molecule has 0 bridgehead atoms. The number of carbonyl (C=O) groups is 1. The van der Waals surface area contributed by atoms with Gasteiger partial charge < -0.3 is 5.32 Å². The van der Waals surface area contributed by atoms with E-state index >= 15 is 0 Å². The van der Waals surface area contributed by atoms with Crippen LogP contribution < -0.4 is 5.32 Å². The Morgan fingerprint density at radius 3 is 2.59 bits per heavy atom. The van der Waals surface area contributed by atoms with Crippen LogP contribution in [-0.2, 0) is 4.79 Å². The lowest BCUT2D eigenvalue weighted by molar-refractivity contribution is -0.115. The minimum atomic E-state index is -0.615. The van der Waals surface area contributed by atoms with E-state index in [4.69, 9.17) is 0 Å². The number of nitrogens with zero attached hydrogens (tertiary/aromatic N) is 2. The minimum Gasteiger partial charge on any atom is -0.323 e. The lowest BCUT2D eigenvalue weighted by Crippen LogP contribution is -2.13. The van der Waals surface area contributed by atoms with Crippen molar-refractivity contribution in [2.24, 2.45) is 0 Å². The van der Waals surface area contributed by atoms with Crippen LogP contribution in [0.15, 0.2) is 53.4 Å². The Kier molecular flexibility index (Phi) is 5.91. The third kappa shape index (κ3) is 4.54. The largest absolute Gasteiger partial charge is 0.323 e. The molecule has 3 rings (SSSR count). The molecule has 1 amide bonds. The second-order valence-electron chi connectivity index (χ2n) is 6.01. The summed E-state index contributed by atoms with van der Waals surface area (Å²) in [5, 5.41) is 7.38. The van der Waals surface area contributed by atoms with E-state index in [1.807, 2.05) is 44.2 Å². The van der Waals surface area contributed by atoms with E-state index in [0.717, 1.165) is 23.1 Å². The molecule has 2 aromatic carbocycles. The van der Waals surface area contributed by atoms with Crippen LogP contribution in [0.3, 0.4) is 0 Å². The molecule has 0 aliphatic rings. The molecule has 0 spiro atoms. The highest BCUT2D eigenvalue weighted by Crippen LogP contribution is 2.25. The Morgan fingerprint density at radius 1 is 1.15 bits per heavy atom. The summed E-state index contributed by atoms with van der Waals surface area (Å²) in [5.41, 5.74) is 3.16. The summed E-state index contributed by atoms with van der Waals surface area (Å²) < 4.78 is 28.3. The number of hydrogen-bond acceptors (Lipinski definition) is 3. The van der Waals surface area contributed by atoms with Crippen LogP contribution in [-0.4, -0.2) is 21.4 Å². The molecule has 1 heterocycles. The molecule has 7 heteroatoms. The van der Waals surface area contributed by atoms with Gasteiger partial charge in [0.25, 0.3) is 0 Å². The van der Waals surface area contributed by atoms with Crippen molar-refractivity contribution in [3.8, 4) is 5.69 Å². The minimum absolute atomic E-state index is 0.177. The molecule has 27 heavy (non-hydrogen) atoms. The Labute approximate surface area is 160 Å². The average Bonchev–Trinajstić information content (AvgIpc) is 2.92. The van der Waals surface area contributed by atoms with Crippen LogP contribution in [0.25, 0.3) is 5.69 Å². The fourth-order valence-electron chi connectivity index (χ4n) is 2.69. The zero-order valence-corrected chi connectivity index (χ0v) is 15.8. The molecule has 4 nitrogen and oxygen atoms in total. The molecule has 0 fully saturated rings. The molecule has 0 aliphatic carbocycles. The number of rotatable bonds is 6. The number of anilines is 1. The molecule has 0 saturated heterocycles. The fourth-order valence-corrected chi connectivity index (χ4v) is 3.56. The average molecular weight is 387 g/mol. The summed E-state index contributed by atoms with van der Waals surface area (Å²) in [6.07, 6.45) is 0.205. The summed E-state index contributed by atoms with van der Waals surface area (Å²) >= 11 is 1.18. The van der Waals surface area contributed by atoms with Gasteiger partial charge in [-0.3, -0.25) is 4.79 Å². The summed E-state index contributed by atoms with van der Waals surface area (Å²) in [6, 6.07) is 13.1. The van der Waals surface area contributed by atoms with E-state index in [9.17, 15) is 13.6 Å². The summed E-state index contributed by atoms with van der Waals surface area (Å²) in [4.78, 5) is 12.6. The van der Waals surface area contributed by atoms with Crippen LogP contribution in [0.2, 0.25) is 0 Å². The van der Waals surface area contributed by atoms with Gasteiger partial charge in [-0.1, -0.05) is 18.2 Å². The number of nitrogens with one attached hydrogen (secondary N) is 1. The molecule has 140 valence electrons. The van der Waals surface area contributed by atoms with Gasteiger partial charge in [-0.15, -0.1) is 11.8 Å². The highest BCUT2D eigenvalue weighted by molar-refractivity contribution is 7.99. The van der Waals surface area contributed by atoms with Crippen molar-refractivity contribution in [2.75, 3.05) is 11.1 Å². The third-order valence-corrected chi connectivity index (χ3v) is 5.09. The van der Waals surface area contributed by atoms with Crippen molar-refractivity contribution >= 4 is 23.4 Å². The lowest BCUT2D eigenvalue weighted by atomic mass is 10.3. The van der Waals surface area contributed by atoms with Gasteiger partial charge in [-0.25, -0.2) is 13.5 Å². The van der Waals surface area contributed by atoms with E-state index in [2.05, 4.69) is 10.4 Å². The number of aryl methyl sites for hydroxylation is 1. The molecule has 0 atom stereocenters. The second-order valence-corrected chi connectivity index (χ2v) is 7.15. The van der Waals surface area contributed by atoms with Crippen molar-refractivity contribution in [3.05, 3.63) is 71.6 Å². The number of amides is 1. The second kappa shape index (κ2) is 8.35. The molecule has 0 aliphatic heterocycles. The summed E-state index contributed by atoms with van der Waals surface area (Å²) in [7, 11) is 0. The maximum Gasteiger partial charge on any atom is 0.225 e. The number of halogens is 2. The number of hydrogen-bond donors (Lipinski definition) is 1. The van der Waals surface area contributed by atoms with Crippen molar-refractivity contribution in [1.82, 2.24) is 9.78 Å². The van der Waals surface area contributed by atoms with Crippen LogP contribution in [0, 0.1) is 25.5 Å². The zero-order chi connectivity index (χ0) is 19.4. The monoisotopic (exact) mass is 387 g/mol. The van der Waals surface area contributed by atoms with Crippen molar-refractivity contribution < 1.29 is 13.6 Å². The molecule has 3 aromatic rings. The van der Waals surface area contributed by atoms with Gasteiger partial charge in [0.1, 0.15) is 11.6 Å². The number of para-hydroxylation sites is 1. The molecule has 1 N–H and O–H groups in total. The molecular weight excluding hydrogens is 368 g/mol. The van der Waals surface area contributed by atoms with Gasteiger partial charge >= 0.3 is 0 Å². The Hall–Kier alpha value is -2.67. The van der Waals surface area contributed by atoms with Crippen LogP contribution >= 0.6 is 11.8 Å². The smallest absolute Gasteiger partial charge is 0.225 e. The molecule has 0 radical (unpaired) electrons. The van der Waals surface area contributed by atoms with Gasteiger partial charge in [0, 0.05) is 23.1 Å². The first-order chi connectivity index (χ1) is 13.0. The fraction of sp³-hybridized carbons (Fsp3) is 0.200. The Balaban J connectivity index is 1.62. The van der Waals surface area contributed by atoms with Crippen LogP contribution in [0.1, 0.15) is 17.8 Å². The highest BCUT2D eigenvalue weighted by atomic mass is 32.2. The van der Waals surface area contributed by atoms with E-state index in [0.29, 0.717) is 16.3 Å². The number of carbonyl (C=O) groups excluding carboxylic acids is 1. The first-order valence-electron chi connectivity index (χ1n) is 8.45. The topological polar surface area (TPSA) is 46.9 Å². The van der Waals surface area contributed by atoms with Gasteiger partial charge in [0.2, 0.25) is 5.91 Å². The maximum absolute atomic E-state index is 13.6. The standard InChI is InChI=1S/C20H19F2N3OS/c1-13-20(14(2)25(24-13)16-6-4-3-5-7-16)23-19(26)10-11-27-18-9-8-15(21)12-17(18)22/h3-9,12H,10-11H2,1-2H3,(H,23,26). The first-order valence-corrected chi connectivity index (χ1v) is 9.43. The highest BCUT2D eigenvalue weighted by Gasteiger charge is 2.15. The van der Waals surface area contributed by atoms with Crippen LogP contribution in [0.4, 0.5) is 14.5 Å². The van der Waals surface area contributed by atoms with Gasteiger partial charge in [-0.2, -0.15) is 5.10 Å². The van der Waals surface area contributed by atoms with E-state index in [-0.39, 0.29) is 12.3 Å². The molecular formula is C20H19F2N3OS. The normalized spacial score (nSPS) is 10.8. The Bertz CT molecular complexity index is 957. The SMILES string of the molecule is Cc1nn(-c2ccccc2)c(C)c1NC(=O)CCSc1ccc(F)cc1F. The van der Waals surface area contributed by atoms with Crippen LogP contribution in [0.5, 0.6) is 0 Å². The van der Waals surface area contributed by atoms with Gasteiger partial charge in [0.05, 0.1) is 22.8 Å². The van der Waals surface area contributed by atoms with Gasteiger partial charge in [0.15, 0.2) is 0 Å². The molecule has 0 saturated carbocycles. The third-order valence-electron chi connectivity index (χ3n) is 4.04. The first kappa shape index (κ1) is 19.1. The van der Waals surface area contributed by atoms with Crippen molar-refractivity contribution in [3.63, 3.8) is 0 Å². The number of benzene rings is 2. The predicted molar refractivity (Wildman–Crippen MR) is 103 cm³/mol. The quantitative estimate of drug-likeness (QED) is 0.613. The zero-order valence-electron chi connectivity index (χ0n) is 15.0. The number of aromatic nitrogens is 2. The number of thioether (sulfide) groups is 1. The van der Waals surface area contributed by atoms with Crippen molar-refractivity contribution in [2.45, 2.75) is 25.2 Å². The summed E-state index contributed by atoms with van der Waals surface area (Å²) in [6.45, 7) is 3.73. The van der Waals surface area contributed by atoms with E-state index in [1.54, 1.807) is 4.68 Å². The predicted octanol–water partition coefficient (Wildman–Crippen LogP) is 4.89. The maximum atomic E-state index is 13.6. The van der Waals surface area contributed by atoms with E-state index in [1.165, 1.54) is 23.9 Å². The molecule has 0 unspecified atom stereocenters. The lowest BCUT2D eigenvalue weighted by Gasteiger charge is -2.07. The van der Waals surface area contributed by atoms with E-state index < -0.39 is 11.6 Å².